The summed E-state index contributed by atoms with van der Waals surface area (Å²) < 4.78 is 5.76. The third-order valence-electron chi connectivity index (χ3n) is 2.89. The van der Waals surface area contributed by atoms with E-state index in [0.29, 0.717) is 16.7 Å². The number of hydrogen-bond acceptors (Lipinski definition) is 2. The van der Waals surface area contributed by atoms with Gasteiger partial charge >= 0.3 is 0 Å². The molecule has 1 aliphatic rings. The molecule has 2 aromatic rings. The van der Waals surface area contributed by atoms with Gasteiger partial charge in [0.15, 0.2) is 5.43 Å². The fourth-order valence-electron chi connectivity index (χ4n) is 1.82. The molecule has 86 valence electrons. The Balaban J connectivity index is 2.07. The van der Waals surface area contributed by atoms with Crippen molar-refractivity contribution in [2.45, 2.75) is 18.8 Å². The second kappa shape index (κ2) is 4.04. The van der Waals surface area contributed by atoms with Crippen LogP contribution < -0.4 is 5.43 Å². The minimum Gasteiger partial charge on any atom is -0.461 e. The van der Waals surface area contributed by atoms with Crippen molar-refractivity contribution in [1.29, 1.82) is 0 Å². The number of hydrogen-bond donors (Lipinski definition) is 0. The average molecular weight is 247 g/mol. The van der Waals surface area contributed by atoms with Crippen LogP contribution >= 0.6 is 11.6 Å². The lowest BCUT2D eigenvalue weighted by Crippen LogP contribution is -1.99. The smallest absolute Gasteiger partial charge is 0.185 e. The average Bonchev–Trinajstić information content (AvgIpc) is 3.13. The van der Waals surface area contributed by atoms with Gasteiger partial charge in [0.1, 0.15) is 11.5 Å². The monoisotopic (exact) mass is 246 g/mol. The fraction of sp³-hybridized carbons (Fsp3) is 0.214. The highest BCUT2D eigenvalue weighted by molar-refractivity contribution is 6.30. The van der Waals surface area contributed by atoms with E-state index >= 15 is 0 Å². The molecule has 3 rings (SSSR count). The van der Waals surface area contributed by atoms with Gasteiger partial charge in [0.2, 0.25) is 0 Å². The molecule has 3 heteroatoms. The Labute approximate surface area is 104 Å². The molecule has 2 nitrogen and oxygen atoms in total. The lowest BCUT2D eigenvalue weighted by molar-refractivity contribution is 0.507. The maximum absolute atomic E-state index is 11.6. The maximum atomic E-state index is 11.6. The molecule has 0 bridgehead atoms. The topological polar surface area (TPSA) is 30.2 Å². The molecule has 0 radical (unpaired) electrons. The zero-order chi connectivity index (χ0) is 11.8. The molecule has 0 amide bonds. The third kappa shape index (κ3) is 2.27. The molecule has 0 spiro atoms. The van der Waals surface area contributed by atoms with E-state index < -0.39 is 0 Å². The molecular formula is C14H11ClO2. The lowest BCUT2D eigenvalue weighted by atomic mass is 10.1. The van der Waals surface area contributed by atoms with Gasteiger partial charge in [-0.1, -0.05) is 11.6 Å². The van der Waals surface area contributed by atoms with E-state index in [0.717, 1.165) is 24.2 Å². The number of benzene rings is 1. The normalized spacial score (nSPS) is 14.9. The van der Waals surface area contributed by atoms with Gasteiger partial charge in [-0.05, 0) is 37.1 Å². The second-order valence-electron chi connectivity index (χ2n) is 4.34. The van der Waals surface area contributed by atoms with Crippen molar-refractivity contribution in [2.75, 3.05) is 0 Å². The molecule has 0 saturated heterocycles. The van der Waals surface area contributed by atoms with E-state index in [2.05, 4.69) is 0 Å². The maximum Gasteiger partial charge on any atom is 0.185 e. The van der Waals surface area contributed by atoms with Gasteiger partial charge in [0.25, 0.3) is 0 Å². The van der Waals surface area contributed by atoms with Crippen molar-refractivity contribution >= 4 is 11.6 Å². The van der Waals surface area contributed by atoms with E-state index in [4.69, 9.17) is 16.0 Å². The molecule has 17 heavy (non-hydrogen) atoms. The van der Waals surface area contributed by atoms with Crippen LogP contribution in [0.25, 0.3) is 11.3 Å². The number of halogens is 1. The Morgan fingerprint density at radius 2 is 1.82 bits per heavy atom. The summed E-state index contributed by atoms with van der Waals surface area (Å²) in [6.45, 7) is 0. The van der Waals surface area contributed by atoms with Crippen molar-refractivity contribution in [2.24, 2.45) is 0 Å². The molecule has 1 heterocycles. The van der Waals surface area contributed by atoms with E-state index in [1.165, 1.54) is 6.07 Å². The Hall–Kier alpha value is -1.54. The fourth-order valence-corrected chi connectivity index (χ4v) is 1.95. The van der Waals surface area contributed by atoms with Crippen molar-refractivity contribution in [3.05, 3.63) is 57.4 Å². The van der Waals surface area contributed by atoms with Gasteiger partial charge in [-0.2, -0.15) is 0 Å². The summed E-state index contributed by atoms with van der Waals surface area (Å²) in [7, 11) is 0. The summed E-state index contributed by atoms with van der Waals surface area (Å²) in [5.74, 6) is 1.87. The molecule has 1 aliphatic carbocycles. The van der Waals surface area contributed by atoms with Crippen LogP contribution in [0.4, 0.5) is 0 Å². The highest BCUT2D eigenvalue weighted by Gasteiger charge is 2.26. The highest BCUT2D eigenvalue weighted by Crippen LogP contribution is 2.40. The second-order valence-corrected chi connectivity index (χ2v) is 4.78. The number of rotatable bonds is 2. The zero-order valence-corrected chi connectivity index (χ0v) is 9.91. The highest BCUT2D eigenvalue weighted by atomic mass is 35.5. The molecule has 1 aromatic carbocycles. The van der Waals surface area contributed by atoms with Crippen LogP contribution in [0, 0.1) is 0 Å². The molecule has 1 aromatic heterocycles. The van der Waals surface area contributed by atoms with Gasteiger partial charge in [-0.15, -0.1) is 0 Å². The molecule has 0 aliphatic heterocycles. The summed E-state index contributed by atoms with van der Waals surface area (Å²) in [6, 6.07) is 10.4. The van der Waals surface area contributed by atoms with E-state index in [1.807, 2.05) is 12.1 Å². The Kier molecular flexibility index (Phi) is 2.52. The Morgan fingerprint density at radius 1 is 1.12 bits per heavy atom. The first-order valence-electron chi connectivity index (χ1n) is 5.63. The van der Waals surface area contributed by atoms with Crippen LogP contribution in [0.5, 0.6) is 0 Å². The molecule has 0 unspecified atom stereocenters. The van der Waals surface area contributed by atoms with Gasteiger partial charge in [-0.3, -0.25) is 4.79 Å². The van der Waals surface area contributed by atoms with Crippen molar-refractivity contribution in [1.82, 2.24) is 0 Å². The zero-order valence-electron chi connectivity index (χ0n) is 9.15. The summed E-state index contributed by atoms with van der Waals surface area (Å²) in [6.07, 6.45) is 2.24. The molecule has 1 saturated carbocycles. The van der Waals surface area contributed by atoms with Gasteiger partial charge < -0.3 is 4.42 Å². The van der Waals surface area contributed by atoms with E-state index in [-0.39, 0.29) is 5.43 Å². The molecular weight excluding hydrogens is 236 g/mol. The van der Waals surface area contributed by atoms with Crippen molar-refractivity contribution in [3.63, 3.8) is 0 Å². The first kappa shape index (κ1) is 10.6. The summed E-state index contributed by atoms with van der Waals surface area (Å²) >= 11 is 5.83. The first-order chi connectivity index (χ1) is 8.22. The molecule has 0 atom stereocenters. The SMILES string of the molecule is O=c1cc(-c2ccc(Cl)cc2)oc(C2CC2)c1. The van der Waals surface area contributed by atoms with Crippen LogP contribution in [0.3, 0.4) is 0 Å². The summed E-state index contributed by atoms with van der Waals surface area (Å²) in [5, 5.41) is 0.675. The van der Waals surface area contributed by atoms with Gasteiger partial charge in [0.05, 0.1) is 0 Å². The largest absolute Gasteiger partial charge is 0.461 e. The summed E-state index contributed by atoms with van der Waals surface area (Å²) in [5.41, 5.74) is 0.886. The van der Waals surface area contributed by atoms with Crippen molar-refractivity contribution in [3.8, 4) is 11.3 Å². The minimum atomic E-state index is 0.00287. The van der Waals surface area contributed by atoms with Crippen molar-refractivity contribution < 1.29 is 4.42 Å². The van der Waals surface area contributed by atoms with Gasteiger partial charge in [-0.25, -0.2) is 0 Å². The molecule has 1 fully saturated rings. The first-order valence-corrected chi connectivity index (χ1v) is 6.01. The minimum absolute atomic E-state index is 0.00287. The predicted molar refractivity (Wildman–Crippen MR) is 67.4 cm³/mol. The van der Waals surface area contributed by atoms with Crippen LogP contribution in [0.1, 0.15) is 24.5 Å². The standard InChI is InChI=1S/C14H11ClO2/c15-11-5-3-10(4-6-11)14-8-12(16)7-13(17-14)9-1-2-9/h3-9H,1-2H2. The third-order valence-corrected chi connectivity index (χ3v) is 3.15. The van der Waals surface area contributed by atoms with Crippen LogP contribution in [0.2, 0.25) is 5.02 Å². The van der Waals surface area contributed by atoms with Crippen LogP contribution in [-0.2, 0) is 0 Å². The van der Waals surface area contributed by atoms with Crippen LogP contribution in [-0.4, -0.2) is 0 Å². The van der Waals surface area contributed by atoms with E-state index in [1.54, 1.807) is 18.2 Å². The lowest BCUT2D eigenvalue weighted by Gasteiger charge is -2.03. The van der Waals surface area contributed by atoms with E-state index in [9.17, 15) is 4.79 Å². The Morgan fingerprint density at radius 3 is 2.47 bits per heavy atom. The van der Waals surface area contributed by atoms with Crippen LogP contribution in [0.15, 0.2) is 45.6 Å². The Bertz CT molecular complexity index is 594. The predicted octanol–water partition coefficient (Wildman–Crippen LogP) is 3.84. The van der Waals surface area contributed by atoms with Gasteiger partial charge in [0, 0.05) is 28.6 Å². The molecule has 0 N–H and O–H groups in total. The quantitative estimate of drug-likeness (QED) is 0.806. The summed E-state index contributed by atoms with van der Waals surface area (Å²) in [4.78, 5) is 11.6.